The minimum atomic E-state index is -0.707. The van der Waals surface area contributed by atoms with E-state index in [2.05, 4.69) is 16.7 Å². The molecule has 0 atom stereocenters. The number of hydrogen-bond acceptors (Lipinski definition) is 3. The molecule has 2 rings (SSSR count). The molecule has 0 bridgehead atoms. The first-order valence-corrected chi connectivity index (χ1v) is 8.56. The van der Waals surface area contributed by atoms with Gasteiger partial charge in [0.25, 0.3) is 0 Å². The van der Waals surface area contributed by atoms with Crippen LogP contribution >= 0.6 is 11.6 Å². The summed E-state index contributed by atoms with van der Waals surface area (Å²) in [6.07, 6.45) is 5.72. The van der Waals surface area contributed by atoms with Crippen molar-refractivity contribution in [2.45, 2.75) is 57.9 Å². The van der Waals surface area contributed by atoms with E-state index in [9.17, 15) is 10.1 Å². The maximum atomic E-state index is 12.3. The monoisotopic (exact) mass is 333 g/mol. The third-order valence-electron chi connectivity index (χ3n) is 4.41. The molecule has 0 radical (unpaired) electrons. The van der Waals surface area contributed by atoms with Crippen molar-refractivity contribution in [3.63, 3.8) is 0 Å². The second kappa shape index (κ2) is 7.70. The van der Waals surface area contributed by atoms with Crippen molar-refractivity contribution in [2.24, 2.45) is 0 Å². The Morgan fingerprint density at radius 3 is 2.48 bits per heavy atom. The summed E-state index contributed by atoms with van der Waals surface area (Å²) in [5.74, 6) is -0.163. The van der Waals surface area contributed by atoms with E-state index in [0.29, 0.717) is 5.02 Å². The summed E-state index contributed by atoms with van der Waals surface area (Å²) in [4.78, 5) is 12.3. The molecule has 1 amide bonds. The van der Waals surface area contributed by atoms with Gasteiger partial charge in [-0.2, -0.15) is 5.26 Å². The van der Waals surface area contributed by atoms with Gasteiger partial charge in [0.05, 0.1) is 23.3 Å². The maximum absolute atomic E-state index is 12.3. The number of aryl methyl sites for hydroxylation is 2. The molecule has 1 saturated carbocycles. The van der Waals surface area contributed by atoms with Crippen LogP contribution in [-0.2, 0) is 4.79 Å². The van der Waals surface area contributed by atoms with Crippen molar-refractivity contribution in [2.75, 3.05) is 11.9 Å². The van der Waals surface area contributed by atoms with Crippen LogP contribution in [0.15, 0.2) is 12.1 Å². The first kappa shape index (κ1) is 17.6. The highest BCUT2D eigenvalue weighted by atomic mass is 35.5. The summed E-state index contributed by atoms with van der Waals surface area (Å²) >= 11 is 6.24. The molecule has 0 saturated heterocycles. The summed E-state index contributed by atoms with van der Waals surface area (Å²) in [6.45, 7) is 4.06. The molecule has 23 heavy (non-hydrogen) atoms. The summed E-state index contributed by atoms with van der Waals surface area (Å²) in [5.41, 5.74) is 2.16. The number of amides is 1. The largest absolute Gasteiger partial charge is 0.375 e. The Morgan fingerprint density at radius 1 is 1.26 bits per heavy atom. The normalized spacial score (nSPS) is 17.0. The Hall–Kier alpha value is -1.73. The lowest BCUT2D eigenvalue weighted by Crippen LogP contribution is -2.49. The van der Waals surface area contributed by atoms with Crippen LogP contribution in [0.4, 0.5) is 5.69 Å². The molecular formula is C18H24ClN3O. The van der Waals surface area contributed by atoms with E-state index in [0.717, 1.165) is 55.3 Å². The molecule has 1 aliphatic carbocycles. The van der Waals surface area contributed by atoms with E-state index in [-0.39, 0.29) is 12.5 Å². The smallest absolute Gasteiger partial charge is 0.240 e. The fraction of sp³-hybridized carbons (Fsp3) is 0.556. The highest BCUT2D eigenvalue weighted by Gasteiger charge is 2.32. The topological polar surface area (TPSA) is 64.9 Å². The van der Waals surface area contributed by atoms with Crippen molar-refractivity contribution in [1.82, 2.24) is 5.32 Å². The number of nitrogens with one attached hydrogen (secondary N) is 2. The molecule has 0 heterocycles. The summed E-state index contributed by atoms with van der Waals surface area (Å²) in [7, 11) is 0. The minimum Gasteiger partial charge on any atom is -0.375 e. The predicted octanol–water partition coefficient (Wildman–Crippen LogP) is 4.10. The third-order valence-corrected chi connectivity index (χ3v) is 4.71. The number of benzene rings is 1. The van der Waals surface area contributed by atoms with Gasteiger partial charge >= 0.3 is 0 Å². The molecule has 1 aromatic carbocycles. The number of nitriles is 1. The number of nitrogens with zero attached hydrogens (tertiary/aromatic N) is 1. The summed E-state index contributed by atoms with van der Waals surface area (Å²) in [6, 6.07) is 6.22. The van der Waals surface area contributed by atoms with Crippen LogP contribution in [0.25, 0.3) is 0 Å². The van der Waals surface area contributed by atoms with Crippen molar-refractivity contribution in [3.05, 3.63) is 28.3 Å². The molecule has 1 fully saturated rings. The van der Waals surface area contributed by atoms with Gasteiger partial charge in [0.15, 0.2) is 0 Å². The van der Waals surface area contributed by atoms with E-state index in [1.807, 2.05) is 26.0 Å². The van der Waals surface area contributed by atoms with Crippen LogP contribution in [-0.4, -0.2) is 18.0 Å². The van der Waals surface area contributed by atoms with Gasteiger partial charge in [0.1, 0.15) is 5.54 Å². The number of halogens is 1. The first-order chi connectivity index (χ1) is 11.0. The Kier molecular flexibility index (Phi) is 5.90. The van der Waals surface area contributed by atoms with Crippen molar-refractivity contribution in [1.29, 1.82) is 5.26 Å². The molecule has 2 N–H and O–H groups in total. The highest BCUT2D eigenvalue weighted by Crippen LogP contribution is 2.28. The molecule has 4 nitrogen and oxygen atoms in total. The van der Waals surface area contributed by atoms with E-state index in [1.165, 1.54) is 0 Å². The van der Waals surface area contributed by atoms with Gasteiger partial charge in [-0.15, -0.1) is 0 Å². The lowest BCUT2D eigenvalue weighted by molar-refractivity contribution is -0.120. The predicted molar refractivity (Wildman–Crippen MR) is 93.6 cm³/mol. The second-order valence-corrected chi connectivity index (χ2v) is 6.86. The Balaban J connectivity index is 1.98. The van der Waals surface area contributed by atoms with Crippen molar-refractivity contribution < 1.29 is 4.79 Å². The van der Waals surface area contributed by atoms with Crippen LogP contribution in [0, 0.1) is 25.2 Å². The SMILES string of the molecule is Cc1cc(C)c(NCC(=O)NC2(C#N)CCCCCC2)c(Cl)c1. The lowest BCUT2D eigenvalue weighted by Gasteiger charge is -2.26. The fourth-order valence-electron chi connectivity index (χ4n) is 3.22. The van der Waals surface area contributed by atoms with Crippen molar-refractivity contribution in [3.8, 4) is 6.07 Å². The van der Waals surface area contributed by atoms with Crippen molar-refractivity contribution >= 4 is 23.2 Å². The van der Waals surface area contributed by atoms with Gasteiger partial charge in [0.2, 0.25) is 5.91 Å². The maximum Gasteiger partial charge on any atom is 0.240 e. The van der Waals surface area contributed by atoms with E-state index < -0.39 is 5.54 Å². The molecule has 1 aliphatic rings. The molecule has 5 heteroatoms. The number of hydrogen-bond donors (Lipinski definition) is 2. The number of carbonyl (C=O) groups excluding carboxylic acids is 1. The molecule has 1 aromatic rings. The van der Waals surface area contributed by atoms with Crippen LogP contribution in [0.3, 0.4) is 0 Å². The number of anilines is 1. The van der Waals surface area contributed by atoms with Gasteiger partial charge in [-0.05, 0) is 43.9 Å². The molecule has 0 aliphatic heterocycles. The zero-order valence-electron chi connectivity index (χ0n) is 13.8. The van der Waals surface area contributed by atoms with Crippen LogP contribution in [0.5, 0.6) is 0 Å². The first-order valence-electron chi connectivity index (χ1n) is 8.19. The standard InChI is InChI=1S/C18H24ClN3O/c1-13-9-14(2)17(15(19)10-13)21-11-16(23)22-18(12-20)7-5-3-4-6-8-18/h9-10,21H,3-8,11H2,1-2H3,(H,22,23). The third kappa shape index (κ3) is 4.62. The fourth-order valence-corrected chi connectivity index (χ4v) is 3.60. The molecule has 0 spiro atoms. The van der Waals surface area contributed by atoms with Gasteiger partial charge in [-0.1, -0.05) is 43.4 Å². The van der Waals surface area contributed by atoms with E-state index in [1.54, 1.807) is 0 Å². The van der Waals surface area contributed by atoms with Crippen LogP contribution < -0.4 is 10.6 Å². The quantitative estimate of drug-likeness (QED) is 0.815. The van der Waals surface area contributed by atoms with Gasteiger partial charge in [-0.25, -0.2) is 0 Å². The Morgan fingerprint density at radius 2 is 1.91 bits per heavy atom. The Bertz CT molecular complexity index is 590. The van der Waals surface area contributed by atoms with E-state index in [4.69, 9.17) is 11.6 Å². The molecule has 0 aromatic heterocycles. The van der Waals surface area contributed by atoms with Crippen LogP contribution in [0.1, 0.15) is 49.7 Å². The molecule has 0 unspecified atom stereocenters. The highest BCUT2D eigenvalue weighted by molar-refractivity contribution is 6.33. The Labute approximate surface area is 143 Å². The minimum absolute atomic E-state index is 0.118. The van der Waals surface area contributed by atoms with Crippen LogP contribution in [0.2, 0.25) is 5.02 Å². The van der Waals surface area contributed by atoms with Gasteiger partial charge in [0, 0.05) is 0 Å². The average Bonchev–Trinajstić information content (AvgIpc) is 2.72. The number of rotatable bonds is 4. The van der Waals surface area contributed by atoms with E-state index >= 15 is 0 Å². The zero-order chi connectivity index (χ0) is 16.9. The average molecular weight is 334 g/mol. The second-order valence-electron chi connectivity index (χ2n) is 6.45. The summed E-state index contributed by atoms with van der Waals surface area (Å²) < 4.78 is 0. The molecular weight excluding hydrogens is 310 g/mol. The van der Waals surface area contributed by atoms with Gasteiger partial charge in [-0.3, -0.25) is 4.79 Å². The zero-order valence-corrected chi connectivity index (χ0v) is 14.6. The summed E-state index contributed by atoms with van der Waals surface area (Å²) in [5, 5.41) is 16.2. The number of carbonyl (C=O) groups is 1. The van der Waals surface area contributed by atoms with Gasteiger partial charge < -0.3 is 10.6 Å². The lowest BCUT2D eigenvalue weighted by atomic mass is 9.92. The molecule has 124 valence electrons.